The van der Waals surface area contributed by atoms with E-state index in [1.807, 2.05) is 24.0 Å². The maximum atomic E-state index is 11.1. The predicted molar refractivity (Wildman–Crippen MR) is 79.0 cm³/mol. The summed E-state index contributed by atoms with van der Waals surface area (Å²) in [4.78, 5) is 15.0. The Morgan fingerprint density at radius 3 is 2.71 bits per heavy atom. The molecule has 0 radical (unpaired) electrons. The normalized spacial score (nSPS) is 10.8. The number of nitrogens with one attached hydrogen (secondary N) is 1. The first-order valence-corrected chi connectivity index (χ1v) is 6.78. The second-order valence-corrected chi connectivity index (χ2v) is 5.08. The molecule has 0 saturated heterocycles. The van der Waals surface area contributed by atoms with Crippen LogP contribution in [0.2, 0.25) is 0 Å². The summed E-state index contributed by atoms with van der Waals surface area (Å²) in [6, 6.07) is 0. The van der Waals surface area contributed by atoms with Crippen LogP contribution in [0.15, 0.2) is 18.6 Å². The van der Waals surface area contributed by atoms with Crippen molar-refractivity contribution in [1.29, 1.82) is 0 Å². The molecule has 0 fully saturated rings. The van der Waals surface area contributed by atoms with Gasteiger partial charge in [-0.05, 0) is 26.3 Å². The van der Waals surface area contributed by atoms with Gasteiger partial charge < -0.3 is 5.32 Å². The first-order chi connectivity index (χ1) is 9.99. The smallest absolute Gasteiger partial charge is 0.278 e. The summed E-state index contributed by atoms with van der Waals surface area (Å²) in [6.07, 6.45) is 5.34. The van der Waals surface area contributed by atoms with E-state index in [4.69, 9.17) is 0 Å². The van der Waals surface area contributed by atoms with Crippen LogP contribution in [0, 0.1) is 30.9 Å². The molecule has 0 unspecified atom stereocenters. The van der Waals surface area contributed by atoms with Crippen LogP contribution in [-0.2, 0) is 13.1 Å². The lowest BCUT2D eigenvalue weighted by Crippen LogP contribution is -2.21. The summed E-state index contributed by atoms with van der Waals surface area (Å²) in [5, 5.41) is 18.5. The number of aromatic nitrogens is 3. The first-order valence-electron chi connectivity index (χ1n) is 6.78. The van der Waals surface area contributed by atoms with Gasteiger partial charge in [0, 0.05) is 36.6 Å². The molecule has 2 heterocycles. The highest BCUT2D eigenvalue weighted by Gasteiger charge is 2.18. The average molecular weight is 289 g/mol. The molecule has 2 aromatic heterocycles. The van der Waals surface area contributed by atoms with Crippen LogP contribution < -0.4 is 5.32 Å². The van der Waals surface area contributed by atoms with Gasteiger partial charge in [-0.3, -0.25) is 19.8 Å². The van der Waals surface area contributed by atoms with Gasteiger partial charge in [0.25, 0.3) is 5.69 Å². The van der Waals surface area contributed by atoms with E-state index in [1.165, 1.54) is 0 Å². The van der Waals surface area contributed by atoms with Gasteiger partial charge in [-0.15, -0.1) is 0 Å². The van der Waals surface area contributed by atoms with Crippen molar-refractivity contribution in [2.45, 2.75) is 33.9 Å². The van der Waals surface area contributed by atoms with Crippen molar-refractivity contribution in [3.05, 3.63) is 51.1 Å². The quantitative estimate of drug-likeness (QED) is 0.498. The SMILES string of the molecule is Cc1cnn(CCNCc2ncc(C)c([N+](=O)[O-])c2C)c1. The second-order valence-electron chi connectivity index (χ2n) is 5.08. The minimum Gasteiger partial charge on any atom is -0.309 e. The topological polar surface area (TPSA) is 85.9 Å². The number of rotatable bonds is 6. The van der Waals surface area contributed by atoms with Crippen LogP contribution >= 0.6 is 0 Å². The monoisotopic (exact) mass is 289 g/mol. The van der Waals surface area contributed by atoms with Gasteiger partial charge >= 0.3 is 0 Å². The molecule has 1 N–H and O–H groups in total. The van der Waals surface area contributed by atoms with Gasteiger partial charge in [0.05, 0.1) is 23.4 Å². The van der Waals surface area contributed by atoms with E-state index in [1.54, 1.807) is 20.0 Å². The van der Waals surface area contributed by atoms with E-state index in [-0.39, 0.29) is 10.6 Å². The number of hydrogen-bond acceptors (Lipinski definition) is 5. The Morgan fingerprint density at radius 1 is 1.33 bits per heavy atom. The molecule has 7 nitrogen and oxygen atoms in total. The zero-order valence-electron chi connectivity index (χ0n) is 12.5. The van der Waals surface area contributed by atoms with Gasteiger partial charge in [0.15, 0.2) is 0 Å². The Kier molecular flexibility index (Phi) is 4.64. The number of hydrogen-bond donors (Lipinski definition) is 1. The van der Waals surface area contributed by atoms with E-state index in [9.17, 15) is 10.1 Å². The molecule has 0 aliphatic carbocycles. The van der Waals surface area contributed by atoms with Crippen LogP contribution in [-0.4, -0.2) is 26.2 Å². The predicted octanol–water partition coefficient (Wildman–Crippen LogP) is 1.90. The summed E-state index contributed by atoms with van der Waals surface area (Å²) in [5.74, 6) is 0. The summed E-state index contributed by atoms with van der Waals surface area (Å²) in [7, 11) is 0. The van der Waals surface area contributed by atoms with E-state index in [0.717, 1.165) is 18.7 Å². The molecule has 0 spiro atoms. The molecule has 0 aromatic carbocycles. The second kappa shape index (κ2) is 6.45. The Morgan fingerprint density at radius 2 is 2.10 bits per heavy atom. The number of nitrogens with zero attached hydrogens (tertiary/aromatic N) is 4. The fraction of sp³-hybridized carbons (Fsp3) is 0.429. The van der Waals surface area contributed by atoms with Crippen LogP contribution in [0.1, 0.15) is 22.4 Å². The minimum absolute atomic E-state index is 0.157. The Hall–Kier alpha value is -2.28. The molecule has 0 saturated carbocycles. The average Bonchev–Trinajstić information content (AvgIpc) is 2.82. The van der Waals surface area contributed by atoms with Gasteiger partial charge in [0.1, 0.15) is 0 Å². The number of pyridine rings is 1. The van der Waals surface area contributed by atoms with Crippen LogP contribution in [0.4, 0.5) is 5.69 Å². The van der Waals surface area contributed by atoms with E-state index in [2.05, 4.69) is 15.4 Å². The van der Waals surface area contributed by atoms with Gasteiger partial charge in [-0.2, -0.15) is 5.10 Å². The number of aryl methyl sites for hydroxylation is 2. The molecule has 0 aliphatic heterocycles. The van der Waals surface area contributed by atoms with Crippen molar-refractivity contribution in [1.82, 2.24) is 20.1 Å². The van der Waals surface area contributed by atoms with Crippen molar-refractivity contribution < 1.29 is 4.92 Å². The maximum Gasteiger partial charge on any atom is 0.278 e. The van der Waals surface area contributed by atoms with Crippen LogP contribution in [0.3, 0.4) is 0 Å². The Balaban J connectivity index is 1.94. The largest absolute Gasteiger partial charge is 0.309 e. The fourth-order valence-electron chi connectivity index (χ4n) is 2.21. The molecule has 112 valence electrons. The highest BCUT2D eigenvalue weighted by molar-refractivity contribution is 5.47. The number of nitro groups is 1. The summed E-state index contributed by atoms with van der Waals surface area (Å²) >= 11 is 0. The van der Waals surface area contributed by atoms with Gasteiger partial charge in [-0.25, -0.2) is 0 Å². The maximum absolute atomic E-state index is 11.1. The Labute approximate surface area is 123 Å². The highest BCUT2D eigenvalue weighted by atomic mass is 16.6. The van der Waals surface area contributed by atoms with Crippen molar-refractivity contribution in [2.24, 2.45) is 0 Å². The van der Waals surface area contributed by atoms with Crippen LogP contribution in [0.25, 0.3) is 0 Å². The van der Waals surface area contributed by atoms with Crippen LogP contribution in [0.5, 0.6) is 0 Å². The standard InChI is InChI=1S/C14H19N5O2/c1-10-6-17-18(9-10)5-4-15-8-13-12(3)14(19(20)21)11(2)7-16-13/h6-7,9,15H,4-5,8H2,1-3H3. The molecule has 2 aromatic rings. The lowest BCUT2D eigenvalue weighted by Gasteiger charge is -2.09. The van der Waals surface area contributed by atoms with Crippen molar-refractivity contribution in [2.75, 3.05) is 6.54 Å². The lowest BCUT2D eigenvalue weighted by molar-refractivity contribution is -0.386. The van der Waals surface area contributed by atoms with Gasteiger partial charge in [0.2, 0.25) is 0 Å². The van der Waals surface area contributed by atoms with E-state index < -0.39 is 0 Å². The molecule has 0 atom stereocenters. The zero-order valence-corrected chi connectivity index (χ0v) is 12.5. The molecule has 21 heavy (non-hydrogen) atoms. The molecule has 0 aliphatic rings. The lowest BCUT2D eigenvalue weighted by atomic mass is 10.1. The summed E-state index contributed by atoms with van der Waals surface area (Å²) in [5.41, 5.74) is 3.21. The van der Waals surface area contributed by atoms with E-state index in [0.29, 0.717) is 23.4 Å². The van der Waals surface area contributed by atoms with Crippen molar-refractivity contribution in [3.8, 4) is 0 Å². The summed E-state index contributed by atoms with van der Waals surface area (Å²) in [6.45, 7) is 7.43. The summed E-state index contributed by atoms with van der Waals surface area (Å²) < 4.78 is 1.86. The third-order valence-electron chi connectivity index (χ3n) is 3.33. The molecule has 2 rings (SSSR count). The van der Waals surface area contributed by atoms with Gasteiger partial charge in [-0.1, -0.05) is 0 Å². The first kappa shape index (κ1) is 15.1. The van der Waals surface area contributed by atoms with E-state index >= 15 is 0 Å². The Bertz CT molecular complexity index is 651. The fourth-order valence-corrected chi connectivity index (χ4v) is 2.21. The zero-order chi connectivity index (χ0) is 15.4. The third-order valence-corrected chi connectivity index (χ3v) is 3.33. The molecule has 0 amide bonds. The minimum atomic E-state index is -0.345. The molecule has 0 bridgehead atoms. The molecular weight excluding hydrogens is 270 g/mol. The highest BCUT2D eigenvalue weighted by Crippen LogP contribution is 2.23. The van der Waals surface area contributed by atoms with Crippen molar-refractivity contribution in [3.63, 3.8) is 0 Å². The molecular formula is C14H19N5O2. The third kappa shape index (κ3) is 3.63. The molecule has 7 heteroatoms. The van der Waals surface area contributed by atoms with Crippen molar-refractivity contribution >= 4 is 5.69 Å².